The summed E-state index contributed by atoms with van der Waals surface area (Å²) in [4.78, 5) is 28.6. The Morgan fingerprint density at radius 1 is 1.00 bits per heavy atom. The molecule has 0 amide bonds. The number of pyridine rings is 1. The summed E-state index contributed by atoms with van der Waals surface area (Å²) < 4.78 is 11.0. The molecule has 3 aromatic rings. The number of aromatic nitrogens is 1. The standard InChI is InChI=1S/C21H19BrN2O4/c1-3-27-20(25)13-5-8-15(9-6-13)24-19-16-11-14(22)7-10-18(16)23-12-17(19)21(26)28-4-2/h5-12H,3-4H2,1-2H3,(H,23,24). The first-order valence-corrected chi connectivity index (χ1v) is 9.62. The molecule has 0 aliphatic carbocycles. The summed E-state index contributed by atoms with van der Waals surface area (Å²) in [6.07, 6.45) is 1.50. The molecule has 3 rings (SSSR count). The highest BCUT2D eigenvalue weighted by Gasteiger charge is 2.17. The van der Waals surface area contributed by atoms with Crippen LogP contribution in [0.25, 0.3) is 10.9 Å². The molecule has 7 heteroatoms. The van der Waals surface area contributed by atoms with Crippen LogP contribution < -0.4 is 5.32 Å². The topological polar surface area (TPSA) is 77.5 Å². The van der Waals surface area contributed by atoms with E-state index in [0.717, 1.165) is 15.4 Å². The minimum absolute atomic E-state index is 0.267. The van der Waals surface area contributed by atoms with Gasteiger partial charge in [-0.25, -0.2) is 9.59 Å². The maximum atomic E-state index is 12.4. The van der Waals surface area contributed by atoms with E-state index in [1.54, 1.807) is 38.1 Å². The number of esters is 2. The van der Waals surface area contributed by atoms with Crippen LogP contribution in [0.5, 0.6) is 0 Å². The van der Waals surface area contributed by atoms with Gasteiger partial charge in [0.2, 0.25) is 0 Å². The normalized spacial score (nSPS) is 10.5. The molecule has 1 N–H and O–H groups in total. The predicted octanol–water partition coefficient (Wildman–Crippen LogP) is 5.09. The largest absolute Gasteiger partial charge is 0.462 e. The van der Waals surface area contributed by atoms with Gasteiger partial charge in [-0.2, -0.15) is 0 Å². The first kappa shape index (κ1) is 19.8. The average molecular weight is 443 g/mol. The molecule has 1 heterocycles. The van der Waals surface area contributed by atoms with Gasteiger partial charge in [0, 0.05) is 21.7 Å². The van der Waals surface area contributed by atoms with Gasteiger partial charge in [-0.3, -0.25) is 4.98 Å². The number of fused-ring (bicyclic) bond motifs is 1. The van der Waals surface area contributed by atoms with Crippen molar-refractivity contribution in [2.24, 2.45) is 0 Å². The minimum Gasteiger partial charge on any atom is -0.462 e. The van der Waals surface area contributed by atoms with Crippen LogP contribution in [-0.4, -0.2) is 30.1 Å². The molecule has 0 atom stereocenters. The van der Waals surface area contributed by atoms with E-state index < -0.39 is 5.97 Å². The lowest BCUT2D eigenvalue weighted by Crippen LogP contribution is -2.09. The van der Waals surface area contributed by atoms with E-state index in [4.69, 9.17) is 9.47 Å². The molecule has 0 saturated carbocycles. The molecule has 0 aliphatic rings. The number of carbonyl (C=O) groups excluding carboxylic acids is 2. The number of benzene rings is 2. The summed E-state index contributed by atoms with van der Waals surface area (Å²) in [6, 6.07) is 12.5. The Morgan fingerprint density at radius 2 is 1.68 bits per heavy atom. The van der Waals surface area contributed by atoms with E-state index in [1.807, 2.05) is 18.2 Å². The van der Waals surface area contributed by atoms with Gasteiger partial charge in [-0.05, 0) is 56.3 Å². The Morgan fingerprint density at radius 3 is 2.36 bits per heavy atom. The molecule has 2 aromatic carbocycles. The van der Waals surface area contributed by atoms with Gasteiger partial charge in [0.25, 0.3) is 0 Å². The van der Waals surface area contributed by atoms with Crippen LogP contribution in [0, 0.1) is 0 Å². The van der Waals surface area contributed by atoms with Crippen LogP contribution in [0.15, 0.2) is 53.1 Å². The second-order valence-electron chi connectivity index (χ2n) is 5.85. The number of nitrogens with one attached hydrogen (secondary N) is 1. The number of anilines is 2. The smallest absolute Gasteiger partial charge is 0.341 e. The predicted molar refractivity (Wildman–Crippen MR) is 111 cm³/mol. The quantitative estimate of drug-likeness (QED) is 0.535. The van der Waals surface area contributed by atoms with E-state index in [1.165, 1.54) is 6.20 Å². The van der Waals surface area contributed by atoms with Crippen molar-refractivity contribution in [1.29, 1.82) is 0 Å². The summed E-state index contributed by atoms with van der Waals surface area (Å²) in [5.41, 5.74) is 2.84. The van der Waals surface area contributed by atoms with E-state index in [0.29, 0.717) is 29.1 Å². The number of ether oxygens (including phenoxy) is 2. The fraction of sp³-hybridized carbons (Fsp3) is 0.190. The van der Waals surface area contributed by atoms with Crippen molar-refractivity contribution >= 4 is 50.1 Å². The molecule has 0 fully saturated rings. The Kier molecular flexibility index (Phi) is 6.26. The fourth-order valence-electron chi connectivity index (χ4n) is 2.71. The molecular weight excluding hydrogens is 424 g/mol. The zero-order valence-corrected chi connectivity index (χ0v) is 17.1. The second-order valence-corrected chi connectivity index (χ2v) is 6.77. The molecule has 28 heavy (non-hydrogen) atoms. The highest BCUT2D eigenvalue weighted by Crippen LogP contribution is 2.31. The van der Waals surface area contributed by atoms with Gasteiger partial charge in [0.1, 0.15) is 5.56 Å². The third-order valence-corrected chi connectivity index (χ3v) is 4.48. The zero-order valence-electron chi connectivity index (χ0n) is 15.5. The van der Waals surface area contributed by atoms with Crippen molar-refractivity contribution in [2.75, 3.05) is 18.5 Å². The van der Waals surface area contributed by atoms with E-state index in [2.05, 4.69) is 26.2 Å². The van der Waals surface area contributed by atoms with Crippen molar-refractivity contribution in [3.05, 3.63) is 64.3 Å². The number of carbonyl (C=O) groups is 2. The Bertz CT molecular complexity index is 1020. The molecule has 6 nitrogen and oxygen atoms in total. The monoisotopic (exact) mass is 442 g/mol. The summed E-state index contributed by atoms with van der Waals surface area (Å²) in [5, 5.41) is 4.04. The summed E-state index contributed by atoms with van der Waals surface area (Å²) in [5.74, 6) is -0.831. The van der Waals surface area contributed by atoms with Gasteiger partial charge in [0.05, 0.1) is 30.0 Å². The van der Waals surface area contributed by atoms with Crippen LogP contribution in [0.4, 0.5) is 11.4 Å². The third kappa shape index (κ3) is 4.31. The first-order chi connectivity index (χ1) is 13.5. The van der Waals surface area contributed by atoms with Crippen molar-refractivity contribution in [3.63, 3.8) is 0 Å². The van der Waals surface area contributed by atoms with E-state index in [9.17, 15) is 9.59 Å². The lowest BCUT2D eigenvalue weighted by Gasteiger charge is -2.14. The van der Waals surface area contributed by atoms with Crippen molar-refractivity contribution < 1.29 is 19.1 Å². The summed E-state index contributed by atoms with van der Waals surface area (Å²) >= 11 is 3.46. The average Bonchev–Trinajstić information content (AvgIpc) is 2.69. The molecule has 144 valence electrons. The van der Waals surface area contributed by atoms with Crippen LogP contribution >= 0.6 is 15.9 Å². The number of hydrogen-bond donors (Lipinski definition) is 1. The molecule has 0 radical (unpaired) electrons. The van der Waals surface area contributed by atoms with Crippen molar-refractivity contribution in [2.45, 2.75) is 13.8 Å². The number of hydrogen-bond acceptors (Lipinski definition) is 6. The van der Waals surface area contributed by atoms with E-state index in [-0.39, 0.29) is 12.6 Å². The second kappa shape index (κ2) is 8.84. The molecule has 0 spiro atoms. The maximum absolute atomic E-state index is 12.4. The van der Waals surface area contributed by atoms with Gasteiger partial charge in [-0.15, -0.1) is 0 Å². The fourth-order valence-corrected chi connectivity index (χ4v) is 3.07. The van der Waals surface area contributed by atoms with Crippen molar-refractivity contribution in [3.8, 4) is 0 Å². The summed E-state index contributed by atoms with van der Waals surface area (Å²) in [7, 11) is 0. The number of rotatable bonds is 6. The zero-order chi connectivity index (χ0) is 20.1. The molecule has 0 bridgehead atoms. The van der Waals surface area contributed by atoms with Gasteiger partial charge >= 0.3 is 11.9 Å². The maximum Gasteiger partial charge on any atom is 0.341 e. The van der Waals surface area contributed by atoms with Crippen LogP contribution in [0.3, 0.4) is 0 Å². The molecule has 0 unspecified atom stereocenters. The highest BCUT2D eigenvalue weighted by molar-refractivity contribution is 9.10. The number of halogens is 1. The lowest BCUT2D eigenvalue weighted by atomic mass is 10.1. The molecule has 1 aromatic heterocycles. The minimum atomic E-state index is -0.456. The molecule has 0 aliphatic heterocycles. The van der Waals surface area contributed by atoms with Gasteiger partial charge < -0.3 is 14.8 Å². The molecule has 0 saturated heterocycles. The van der Waals surface area contributed by atoms with E-state index >= 15 is 0 Å². The van der Waals surface area contributed by atoms with Crippen LogP contribution in [0.2, 0.25) is 0 Å². The molecular formula is C21H19BrN2O4. The Hall–Kier alpha value is -2.93. The van der Waals surface area contributed by atoms with Gasteiger partial charge in [0.15, 0.2) is 0 Å². The van der Waals surface area contributed by atoms with Crippen molar-refractivity contribution in [1.82, 2.24) is 4.98 Å². The Labute approximate surface area is 171 Å². The van der Waals surface area contributed by atoms with Crippen LogP contribution in [0.1, 0.15) is 34.6 Å². The Balaban J connectivity index is 2.02. The SMILES string of the molecule is CCOC(=O)c1ccc(Nc2c(C(=O)OCC)cnc3ccc(Br)cc23)cc1. The first-order valence-electron chi connectivity index (χ1n) is 8.83. The number of nitrogens with zero attached hydrogens (tertiary/aromatic N) is 1. The lowest BCUT2D eigenvalue weighted by molar-refractivity contribution is 0.0517. The third-order valence-electron chi connectivity index (χ3n) is 3.99. The summed E-state index contributed by atoms with van der Waals surface area (Å²) in [6.45, 7) is 4.10. The van der Waals surface area contributed by atoms with Crippen LogP contribution in [-0.2, 0) is 9.47 Å². The van der Waals surface area contributed by atoms with Gasteiger partial charge in [-0.1, -0.05) is 15.9 Å². The highest BCUT2D eigenvalue weighted by atomic mass is 79.9.